The number of hydrogen-bond donors (Lipinski definition) is 1. The molecule has 2 aliphatic heterocycles. The molecule has 2 fully saturated rings. The van der Waals surface area contributed by atoms with Crippen LogP contribution in [0.4, 0.5) is 5.82 Å². The van der Waals surface area contributed by atoms with Gasteiger partial charge in [0.1, 0.15) is 41.2 Å². The van der Waals surface area contributed by atoms with Gasteiger partial charge < -0.3 is 38.2 Å². The maximum atomic E-state index is 16.1. The third kappa shape index (κ3) is 10.1. The number of carbonyl (C=O) groups is 2. The molecule has 2 amide bonds. The number of carbonyl (C=O) groups excluding carboxylic acids is 2. The van der Waals surface area contributed by atoms with E-state index in [9.17, 15) is 10.1 Å². The van der Waals surface area contributed by atoms with E-state index in [1.54, 1.807) is 49.4 Å². The van der Waals surface area contributed by atoms with Gasteiger partial charge in [-0.1, -0.05) is 127 Å². The van der Waals surface area contributed by atoms with Crippen LogP contribution in [0.1, 0.15) is 73.0 Å². The molecule has 1 N–H and O–H groups in total. The lowest BCUT2D eigenvalue weighted by Crippen LogP contribution is -2.52. The van der Waals surface area contributed by atoms with Crippen LogP contribution in [0.2, 0.25) is 0 Å². The summed E-state index contributed by atoms with van der Waals surface area (Å²) < 4.78 is 45.2. The van der Waals surface area contributed by atoms with Crippen molar-refractivity contribution in [2.45, 2.75) is 82.2 Å². The molecule has 2 aromatic heterocycles. The summed E-state index contributed by atoms with van der Waals surface area (Å²) in [4.78, 5) is 45.8. The Morgan fingerprint density at radius 3 is 2.01 bits per heavy atom. The van der Waals surface area contributed by atoms with Gasteiger partial charge in [-0.25, -0.2) is 19.6 Å². The molecular formula is C66H63N8O8P. The molecule has 12 rings (SSSR count). The first-order chi connectivity index (χ1) is 40.4. The van der Waals surface area contributed by atoms with Crippen LogP contribution in [0.15, 0.2) is 176 Å². The minimum atomic E-state index is -1.95. The summed E-state index contributed by atoms with van der Waals surface area (Å²) in [5, 5.41) is 19.4. The fourth-order valence-corrected chi connectivity index (χ4v) is 14.1. The molecule has 5 atom stereocenters. The zero-order valence-corrected chi connectivity index (χ0v) is 47.9. The summed E-state index contributed by atoms with van der Waals surface area (Å²) >= 11 is 0. The Hall–Kier alpha value is -8.39. The SMILES string of the molecule is COc1ccc(C(OC[C@]23CN(C(=O)Cc4ccc5ccc6cccc7ccc4c5c67)[C@H]([C@H](n4cnc5c(NC(=O)c6ccccc6)ncnc54)O2)[C@H]3OP(OCCC#N)N(C(C)C)C(C)C)(c2ccccc2)c2ccc(OC)cc2)cc1. The highest BCUT2D eigenvalue weighted by Crippen LogP contribution is 2.58. The molecule has 17 heteroatoms. The van der Waals surface area contributed by atoms with E-state index >= 15 is 4.79 Å². The van der Waals surface area contributed by atoms with E-state index in [4.69, 9.17) is 38.0 Å². The topological polar surface area (TPSA) is 175 Å². The lowest BCUT2D eigenvalue weighted by molar-refractivity contribution is -0.181. The number of ether oxygens (including phenoxy) is 4. The molecular weight excluding hydrogens is 1060 g/mol. The standard InChI is InChI=1S/C66H63N8O8P/c1-42(2)74(43(3)4)83(80-36-14-35-67)82-60-59-64(73-41-70-58-61(68-40-69-62(58)73)71-63(76)47-15-9-7-10-16-47)81-65(60,38-72(59)55(75)37-48-24-23-46-22-21-44-17-13-18-45-25-34-54(48)57(46)56(44)45)39-79-66(49-19-11-8-12-20-49,50-26-30-52(77-5)31-27-50)51-28-32-53(78-6)33-29-51/h7-13,15-34,40-43,59-60,64H,14,36-39H2,1-6H3,(H,68,69,71,76)/t59-,60+,64+,65-,83?/m0/s1. The van der Waals surface area contributed by atoms with Crippen LogP contribution in [0, 0.1) is 11.3 Å². The van der Waals surface area contributed by atoms with E-state index in [0.29, 0.717) is 28.2 Å². The average molecular weight is 1130 g/mol. The Morgan fingerprint density at radius 2 is 1.37 bits per heavy atom. The van der Waals surface area contributed by atoms with Crippen LogP contribution in [-0.4, -0.2) is 105 Å². The van der Waals surface area contributed by atoms with Crippen LogP contribution in [0.3, 0.4) is 0 Å². The highest BCUT2D eigenvalue weighted by molar-refractivity contribution is 7.44. The maximum absolute atomic E-state index is 16.1. The predicted octanol–water partition coefficient (Wildman–Crippen LogP) is 12.4. The van der Waals surface area contributed by atoms with Gasteiger partial charge in [0.25, 0.3) is 14.4 Å². The third-order valence-corrected chi connectivity index (χ3v) is 18.1. The van der Waals surface area contributed by atoms with Crippen molar-refractivity contribution in [1.29, 1.82) is 5.26 Å². The number of nitrogens with zero attached hydrogens (tertiary/aromatic N) is 7. The van der Waals surface area contributed by atoms with Crippen molar-refractivity contribution < 1.29 is 37.6 Å². The van der Waals surface area contributed by atoms with E-state index in [1.165, 1.54) is 6.33 Å². The van der Waals surface area contributed by atoms with E-state index in [1.807, 2.05) is 89.8 Å². The monoisotopic (exact) mass is 1130 g/mol. The molecule has 8 aromatic carbocycles. The number of imidazole rings is 1. The van der Waals surface area contributed by atoms with Crippen molar-refractivity contribution >= 4 is 69.6 Å². The number of hydrogen-bond acceptors (Lipinski definition) is 13. The molecule has 2 aliphatic rings. The molecule has 0 saturated carbocycles. The third-order valence-electron chi connectivity index (χ3n) is 16.0. The molecule has 1 unspecified atom stereocenters. The molecule has 2 bridgehead atoms. The molecule has 420 valence electrons. The fraction of sp³-hybridized carbons (Fsp3) is 0.273. The molecule has 4 heterocycles. The molecule has 83 heavy (non-hydrogen) atoms. The number of anilines is 1. The summed E-state index contributed by atoms with van der Waals surface area (Å²) in [5.41, 5.74) is 1.64. The molecule has 2 saturated heterocycles. The summed E-state index contributed by atoms with van der Waals surface area (Å²) in [7, 11) is 1.32. The van der Waals surface area contributed by atoms with Crippen molar-refractivity contribution in [2.24, 2.45) is 0 Å². The Labute approximate surface area is 482 Å². The zero-order chi connectivity index (χ0) is 57.4. The summed E-state index contributed by atoms with van der Waals surface area (Å²) in [6.45, 7) is 8.36. The number of rotatable bonds is 21. The highest BCUT2D eigenvalue weighted by atomic mass is 31.2. The number of morpholine rings is 1. The predicted molar refractivity (Wildman–Crippen MR) is 320 cm³/mol. The molecule has 0 radical (unpaired) electrons. The number of nitriles is 1. The number of nitrogens with one attached hydrogen (secondary N) is 1. The van der Waals surface area contributed by atoms with Crippen molar-refractivity contribution in [2.75, 3.05) is 39.3 Å². The van der Waals surface area contributed by atoms with E-state index < -0.39 is 38.1 Å². The van der Waals surface area contributed by atoms with Crippen LogP contribution < -0.4 is 14.8 Å². The first-order valence-electron chi connectivity index (χ1n) is 27.9. The van der Waals surface area contributed by atoms with Gasteiger partial charge in [0.15, 0.2) is 23.2 Å². The number of aromatic nitrogens is 4. The second-order valence-corrected chi connectivity index (χ2v) is 23.0. The van der Waals surface area contributed by atoms with E-state index in [-0.39, 0.29) is 62.3 Å². The Kier molecular flexibility index (Phi) is 15.4. The second-order valence-electron chi connectivity index (χ2n) is 21.6. The van der Waals surface area contributed by atoms with Gasteiger partial charge in [-0.3, -0.25) is 14.2 Å². The van der Waals surface area contributed by atoms with E-state index in [0.717, 1.165) is 54.6 Å². The van der Waals surface area contributed by atoms with Gasteiger partial charge in [0.05, 0.1) is 59.2 Å². The Balaban J connectivity index is 1.04. The number of fused-ring (bicyclic) bond motifs is 3. The fourth-order valence-electron chi connectivity index (χ4n) is 12.3. The van der Waals surface area contributed by atoms with Crippen LogP contribution >= 0.6 is 8.53 Å². The quantitative estimate of drug-likeness (QED) is 0.0312. The summed E-state index contributed by atoms with van der Waals surface area (Å²) in [5.74, 6) is 0.998. The summed E-state index contributed by atoms with van der Waals surface area (Å²) in [6, 6.07) is 54.8. The number of benzene rings is 8. The Morgan fingerprint density at radius 1 is 0.759 bits per heavy atom. The van der Waals surface area contributed by atoms with Gasteiger partial charge in [-0.2, -0.15) is 5.26 Å². The molecule has 0 aliphatic carbocycles. The number of methoxy groups -OCH3 is 2. The average Bonchev–Trinajstić information content (AvgIpc) is 1.78. The largest absolute Gasteiger partial charge is 0.497 e. The number of amides is 2. The normalized spacial score (nSPS) is 18.3. The van der Waals surface area contributed by atoms with Gasteiger partial charge in [-0.05, 0) is 119 Å². The van der Waals surface area contributed by atoms with Crippen LogP contribution in [-0.2, 0) is 35.3 Å². The first kappa shape index (κ1) is 55.2. The van der Waals surface area contributed by atoms with Crippen molar-refractivity contribution in [3.63, 3.8) is 0 Å². The smallest absolute Gasteiger partial charge is 0.259 e. The lowest BCUT2D eigenvalue weighted by atomic mass is 9.79. The zero-order valence-electron chi connectivity index (χ0n) is 47.0. The van der Waals surface area contributed by atoms with Crippen molar-refractivity contribution in [1.82, 2.24) is 29.1 Å². The van der Waals surface area contributed by atoms with E-state index in [2.05, 4.69) is 103 Å². The van der Waals surface area contributed by atoms with Crippen LogP contribution in [0.5, 0.6) is 11.5 Å². The minimum Gasteiger partial charge on any atom is -0.497 e. The second kappa shape index (κ2) is 23.1. The van der Waals surface area contributed by atoms with Crippen molar-refractivity contribution in [3.05, 3.63) is 204 Å². The molecule has 0 spiro atoms. The van der Waals surface area contributed by atoms with Crippen LogP contribution in [0.25, 0.3) is 43.5 Å². The minimum absolute atomic E-state index is 0.0459. The van der Waals surface area contributed by atoms with Gasteiger partial charge in [-0.15, -0.1) is 0 Å². The highest BCUT2D eigenvalue weighted by Gasteiger charge is 2.68. The maximum Gasteiger partial charge on any atom is 0.259 e. The van der Waals surface area contributed by atoms with Gasteiger partial charge >= 0.3 is 0 Å². The first-order valence-corrected chi connectivity index (χ1v) is 29.0. The Bertz CT molecular complexity index is 3920. The van der Waals surface area contributed by atoms with Gasteiger partial charge in [0.2, 0.25) is 5.91 Å². The van der Waals surface area contributed by atoms with Gasteiger partial charge in [0, 0.05) is 17.6 Å². The van der Waals surface area contributed by atoms with Crippen molar-refractivity contribution in [3.8, 4) is 17.6 Å². The molecule has 16 nitrogen and oxygen atoms in total. The number of likely N-dealkylation sites (tertiary alicyclic amines) is 1. The lowest BCUT2D eigenvalue weighted by Gasteiger charge is -2.42. The molecule has 10 aromatic rings. The summed E-state index contributed by atoms with van der Waals surface area (Å²) in [6.07, 6.45) is 1.22.